The molecule has 3 aliphatic carbocycles. The molecule has 3 saturated carbocycles. The number of carbonyl (C=O) groups is 9. The van der Waals surface area contributed by atoms with Crippen LogP contribution in [0.3, 0.4) is 0 Å². The van der Waals surface area contributed by atoms with Gasteiger partial charge >= 0.3 is 0 Å². The molecule has 8 aliphatic heterocycles. The Labute approximate surface area is 873 Å². The van der Waals surface area contributed by atoms with Crippen molar-refractivity contribution in [2.24, 2.45) is 16.2 Å². The number of rotatable bonds is 12. The highest BCUT2D eigenvalue weighted by Crippen LogP contribution is 2.64. The minimum absolute atomic E-state index is 0.0180. The molecule has 0 aromatic carbocycles. The molecule has 40 nitrogen and oxygen atoms in total. The second kappa shape index (κ2) is 41.8. The summed E-state index contributed by atoms with van der Waals surface area (Å²) in [7, 11) is 0. The van der Waals surface area contributed by atoms with E-state index in [9.17, 15) is 51.9 Å². The lowest BCUT2D eigenvalue weighted by Gasteiger charge is -2.33. The van der Waals surface area contributed by atoms with Gasteiger partial charge in [0.15, 0.2) is 23.1 Å². The van der Waals surface area contributed by atoms with E-state index in [2.05, 4.69) is 144 Å². The van der Waals surface area contributed by atoms with Gasteiger partial charge in [-0.2, -0.15) is 15.3 Å². The van der Waals surface area contributed by atoms with Crippen LogP contribution >= 0.6 is 47.8 Å². The Hall–Kier alpha value is -12.4. The Kier molecular flexibility index (Phi) is 28.7. The molecule has 10 bridgehead atoms. The summed E-state index contributed by atoms with van der Waals surface area (Å²) < 4.78 is 65.6. The number of nitrogens with zero attached hydrogens (tertiary/aromatic N) is 23. The number of Topliss-reactive ketones (excluding diaryl/α,β-unsaturated/α-hetero) is 4. The molecule has 8 fully saturated rings. The number of piperidine rings is 3. The predicted molar refractivity (Wildman–Crippen MR) is 543 cm³/mol. The number of hydrogen-bond donors (Lipinski definition) is 3. The molecule has 23 rings (SSSR count). The maximum absolute atomic E-state index is 14.6. The number of hydrogen-bond acceptors (Lipinski definition) is 32. The van der Waals surface area contributed by atoms with Crippen molar-refractivity contribution in [2.45, 2.75) is 199 Å². The van der Waals surface area contributed by atoms with Gasteiger partial charge in [0.2, 0.25) is 29.5 Å². The zero-order valence-corrected chi connectivity index (χ0v) is 87.1. The van der Waals surface area contributed by atoms with Crippen LogP contribution in [0.15, 0.2) is 124 Å². The number of amides is 5. The van der Waals surface area contributed by atoms with Gasteiger partial charge in [0, 0.05) is 159 Å². The van der Waals surface area contributed by atoms with Gasteiger partial charge in [-0.25, -0.2) is 53.6 Å². The fraction of sp³-hybridized carbons (Fsp3) is 0.476. The molecule has 13 atom stereocenters. The molecule has 0 radical (unpaired) electrons. The molecule has 5 amide bonds. The maximum Gasteiger partial charge on any atom is 0.283 e. The predicted octanol–water partition coefficient (Wildman–Crippen LogP) is 10.3. The average molecular weight is 2210 g/mol. The van der Waals surface area contributed by atoms with Crippen molar-refractivity contribution in [2.75, 3.05) is 109 Å². The van der Waals surface area contributed by atoms with Crippen molar-refractivity contribution in [1.29, 1.82) is 0 Å². The van der Waals surface area contributed by atoms with E-state index in [1.807, 2.05) is 30.3 Å². The van der Waals surface area contributed by atoms with Gasteiger partial charge in [0.05, 0.1) is 129 Å². The summed E-state index contributed by atoms with van der Waals surface area (Å²) in [6, 6.07) is 13.8. The van der Waals surface area contributed by atoms with Gasteiger partial charge in [-0.05, 0) is 211 Å². The van der Waals surface area contributed by atoms with E-state index >= 15 is 0 Å². The summed E-state index contributed by atoms with van der Waals surface area (Å²) in [5.74, 6) is -2.72. The third kappa shape index (κ3) is 21.3. The third-order valence-electron chi connectivity index (χ3n) is 30.2. The second-order valence-corrected chi connectivity index (χ2v) is 43.0. The van der Waals surface area contributed by atoms with Crippen LogP contribution in [0.4, 0.5) is 20.4 Å². The van der Waals surface area contributed by atoms with E-state index in [0.717, 1.165) is 87.2 Å². The van der Waals surface area contributed by atoms with Gasteiger partial charge in [-0.1, -0.05) is 18.2 Å². The molecule has 770 valence electrons. The average Bonchev–Trinajstić information content (AvgIpc) is 1.54. The van der Waals surface area contributed by atoms with Crippen LogP contribution in [0.2, 0.25) is 0 Å². The highest BCUT2D eigenvalue weighted by Gasteiger charge is 2.70. The number of aryl methyl sites for hydroxylation is 5. The van der Waals surface area contributed by atoms with Crippen LogP contribution in [0.5, 0.6) is 0 Å². The summed E-state index contributed by atoms with van der Waals surface area (Å²) in [5, 5.41) is 24.2. The van der Waals surface area contributed by atoms with Crippen molar-refractivity contribution in [1.82, 2.24) is 119 Å². The molecule has 12 aromatic rings. The number of halogens is 5. The minimum atomic E-state index is -3.08. The van der Waals surface area contributed by atoms with E-state index < -0.39 is 60.5 Å². The molecule has 3 N–H and O–H groups in total. The number of morpholine rings is 2. The molecule has 5 saturated heterocycles. The number of aromatic nitrogens is 18. The summed E-state index contributed by atoms with van der Waals surface area (Å²) in [6.07, 6.45) is 21.7. The van der Waals surface area contributed by atoms with Crippen LogP contribution in [-0.2, 0) is 97.9 Å². The first kappa shape index (κ1) is 101. The van der Waals surface area contributed by atoms with Gasteiger partial charge in [-0.15, -0.1) is 0 Å². The number of ketones is 4. The Morgan fingerprint density at radius 1 is 0.453 bits per heavy atom. The normalized spacial score (nSPS) is 25.8. The van der Waals surface area contributed by atoms with Crippen molar-refractivity contribution >= 4 is 145 Å². The van der Waals surface area contributed by atoms with Gasteiger partial charge in [0.1, 0.15) is 98.3 Å². The van der Waals surface area contributed by atoms with E-state index in [0.29, 0.717) is 194 Å². The number of alkyl halides is 2. The monoisotopic (exact) mass is 2210 g/mol. The Bertz CT molecular complexity index is 7250. The number of ether oxygens (including phenoxy) is 5. The van der Waals surface area contributed by atoms with Crippen LogP contribution < -0.4 is 16.0 Å². The van der Waals surface area contributed by atoms with Crippen molar-refractivity contribution in [3.63, 3.8) is 0 Å². The van der Waals surface area contributed by atoms with Gasteiger partial charge < -0.3 is 54.3 Å². The highest BCUT2D eigenvalue weighted by atomic mass is 79.9. The lowest BCUT2D eigenvalue weighted by Crippen LogP contribution is -2.47. The molecular weight excluding hydrogens is 2100 g/mol. The number of carbonyl (C=O) groups excluding carboxylic acids is 9. The minimum Gasteiger partial charge on any atom is -0.379 e. The SMILES string of the molecule is CC(=O)c1nn(CC(=O)N2[C@H]3C[C@@]4(CCOCC5CN(CCO5)Cc5ccc(Br)nc5CC3=O)C[C@@H]24)c2cnc(-c3cnc(C)nc3)cc12.CC(=O)c1nn(CC(=O)N2[C@H]3C[C@@]4(COCC(F)(F)CNCCCc5ccc(Br)nc5NC3=O)C[C@@H]24)c2cnc(-c3cnc(C)nc3)cc12.CC(=O)c1nn(CC(=O)N2[C@H]3C[C@@]4(COCC5CN(CCCc6ccc(Br)nc6NC3=O)CCO5)C[C@@H]24)c2cnc(-c3cnc(C)nc3)cc12. The standard InChI is InChI=1S/C35H38BrN9O5.C35H37BrN8O5.C33H34BrF2N9O4/c1-20(46)32-25-10-26(23-13-37-21(2)38-14-23)39-15-28(25)44(42-32)17-31(47)45-27-11-35(12-29(35)45)19-49-18-24-16-43(8-9-50-24)7-3-4-22-5-6-30(36)40-33(22)41-34(27)48;1-20(45)34-25-9-26(23-13-37-21(2)38-14-23)39-15-29(25)43(41-34)18-33(47)44-28-11-35(12-31(35)44)5-7-48-19-24-17-42(6-8-49-24)16-22-3-4-32(36)40-27(22)10-30(28)46;1-18(46)29-22-8-23(21-11-38-19(2)39-12-21)40-13-25(22)44(43-29)14-28(47)45-24-9-32(10-26(32)45)16-49-17-33(35,36)15-37-7-3-4-20-5-6-27(34)41-30(20)42-31(24)48/h5-6,10,13-15,24,27,29H,3-4,7-9,11-12,16-19H2,1-2H3,(H,40,41,48);3-4,9,13-15,24,28,31H,5-8,10-12,16-19H2,1-2H3;5-6,8,11-13,24,26,37H,3-4,7,9-10,14-17H2,1-2H3,(H,41,42,48)/t24?,27-,29+,35-;24?,28-,31+,35-;24-,26+,32-/m000/s1. The lowest BCUT2D eigenvalue weighted by atomic mass is 9.92. The zero-order chi connectivity index (χ0) is 103. The Morgan fingerprint density at radius 3 is 1.34 bits per heavy atom. The number of pyridine rings is 6. The number of likely N-dealkylation sites (tertiary alicyclic amines) is 3. The van der Waals surface area contributed by atoms with E-state index in [1.54, 1.807) is 111 Å². The lowest BCUT2D eigenvalue weighted by molar-refractivity contribution is -0.139. The topological polar surface area (TPSA) is 460 Å². The number of anilines is 2. The van der Waals surface area contributed by atoms with Crippen LogP contribution in [-0.4, -0.2) is 319 Å². The first-order valence-corrected chi connectivity index (χ1v) is 52.2. The molecule has 4 unspecified atom stereocenters. The summed E-state index contributed by atoms with van der Waals surface area (Å²) >= 11 is 10.3. The van der Waals surface area contributed by atoms with E-state index in [-0.39, 0.29) is 132 Å². The van der Waals surface area contributed by atoms with E-state index in [1.165, 1.54) is 39.7 Å². The molecule has 20 heterocycles. The fourth-order valence-electron chi connectivity index (χ4n) is 22.4. The highest BCUT2D eigenvalue weighted by molar-refractivity contribution is 9.11. The van der Waals surface area contributed by atoms with Gasteiger partial charge in [0.25, 0.3) is 5.92 Å². The van der Waals surface area contributed by atoms with Crippen molar-refractivity contribution in [3.8, 4) is 33.8 Å². The molecule has 45 heteroatoms. The van der Waals surface area contributed by atoms with Gasteiger partial charge in [-0.3, -0.25) is 81.9 Å². The Morgan fingerprint density at radius 2 is 0.865 bits per heavy atom. The molecular formula is C103H109Br3F2N26O14. The second-order valence-electron chi connectivity index (χ2n) is 40.6. The first-order chi connectivity index (χ1) is 71.3. The number of nitrogens with one attached hydrogen (secondary N) is 3. The number of fused-ring (bicyclic) bond motifs is 13. The van der Waals surface area contributed by atoms with Crippen molar-refractivity contribution in [3.05, 3.63) is 181 Å². The summed E-state index contributed by atoms with van der Waals surface area (Å²) in [6.45, 7) is 16.2. The largest absolute Gasteiger partial charge is 0.379 e. The Balaban J connectivity index is 0.000000130. The summed E-state index contributed by atoms with van der Waals surface area (Å²) in [4.78, 5) is 186. The first-order valence-electron chi connectivity index (χ1n) is 49.8. The maximum atomic E-state index is 14.6. The third-order valence-corrected chi connectivity index (χ3v) is 31.6. The quantitative estimate of drug-likeness (QED) is 0.0755. The zero-order valence-electron chi connectivity index (χ0n) is 82.3. The van der Waals surface area contributed by atoms with Crippen LogP contribution in [0.1, 0.15) is 150 Å². The van der Waals surface area contributed by atoms with Crippen molar-refractivity contribution < 1.29 is 75.6 Å². The van der Waals surface area contributed by atoms with Crippen LogP contribution in [0.25, 0.3) is 66.5 Å². The molecule has 148 heavy (non-hydrogen) atoms. The fourth-order valence-corrected chi connectivity index (χ4v) is 23.4. The molecule has 3 spiro atoms. The van der Waals surface area contributed by atoms with E-state index in [4.69, 9.17) is 28.7 Å². The smallest absolute Gasteiger partial charge is 0.283 e. The molecule has 11 aliphatic rings. The van der Waals surface area contributed by atoms with Crippen LogP contribution in [0, 0.1) is 37.0 Å². The summed E-state index contributed by atoms with van der Waals surface area (Å²) in [5.41, 5.74) is 8.29. The molecule has 12 aromatic heterocycles.